The van der Waals surface area contributed by atoms with Crippen molar-refractivity contribution in [1.29, 1.82) is 0 Å². The van der Waals surface area contributed by atoms with Crippen molar-refractivity contribution < 1.29 is 14.7 Å². The van der Waals surface area contributed by atoms with Gasteiger partial charge in [-0.2, -0.15) is 0 Å². The van der Waals surface area contributed by atoms with E-state index in [0.717, 1.165) is 0 Å². The van der Waals surface area contributed by atoms with Gasteiger partial charge in [0.05, 0.1) is 5.92 Å². The maximum absolute atomic E-state index is 11.7. The number of rotatable bonds is 3. The summed E-state index contributed by atoms with van der Waals surface area (Å²) in [5.74, 6) is -1.82. The second-order valence-corrected chi connectivity index (χ2v) is 4.09. The van der Waals surface area contributed by atoms with E-state index < -0.39 is 11.9 Å². The van der Waals surface area contributed by atoms with Gasteiger partial charge in [0.25, 0.3) is 0 Å². The summed E-state index contributed by atoms with van der Waals surface area (Å²) in [7, 11) is 0. The van der Waals surface area contributed by atoms with Crippen molar-refractivity contribution in [2.45, 2.75) is 6.42 Å². The first-order chi connectivity index (χ1) is 7.09. The smallest absolute Gasteiger partial charge is 0.307 e. The number of carbonyl (C=O) groups excluding carboxylic acids is 1. The number of hydrogen-bond acceptors (Lipinski definition) is 2. The summed E-state index contributed by atoms with van der Waals surface area (Å²) in [5.41, 5.74) is 0.535. The molecule has 0 spiro atoms. The minimum Gasteiger partial charge on any atom is -0.481 e. The zero-order chi connectivity index (χ0) is 11.0. The van der Waals surface area contributed by atoms with Gasteiger partial charge in [-0.05, 0) is 30.7 Å². The quantitative estimate of drug-likeness (QED) is 0.802. The Hall–Kier alpha value is -1.35. The molecule has 1 N–H and O–H groups in total. The summed E-state index contributed by atoms with van der Waals surface area (Å²) >= 11 is 5.69. The first-order valence-electron chi connectivity index (χ1n) is 4.62. The fourth-order valence-electron chi connectivity index (χ4n) is 1.59. The monoisotopic (exact) mass is 224 g/mol. The van der Waals surface area contributed by atoms with Crippen molar-refractivity contribution in [3.05, 3.63) is 34.9 Å². The standard InChI is InChI=1S/C11H9ClO3/c12-7-3-1-6(2-4-7)10(13)8-5-9(8)11(14)15/h1-4,8-9H,5H2,(H,14,15). The number of Topliss-reactive ketones (excluding diaryl/α,β-unsaturated/α-hetero) is 1. The average molecular weight is 225 g/mol. The van der Waals surface area contributed by atoms with Crippen LogP contribution < -0.4 is 0 Å². The predicted molar refractivity (Wildman–Crippen MR) is 55.0 cm³/mol. The third kappa shape index (κ3) is 2.02. The summed E-state index contributed by atoms with van der Waals surface area (Å²) in [6.07, 6.45) is 0.455. The maximum atomic E-state index is 11.7. The lowest BCUT2D eigenvalue weighted by atomic mass is 10.1. The van der Waals surface area contributed by atoms with E-state index in [1.807, 2.05) is 0 Å². The van der Waals surface area contributed by atoms with Gasteiger partial charge in [0.1, 0.15) is 0 Å². The van der Waals surface area contributed by atoms with Crippen molar-refractivity contribution in [3.8, 4) is 0 Å². The van der Waals surface area contributed by atoms with Crippen LogP contribution in [0.3, 0.4) is 0 Å². The highest BCUT2D eigenvalue weighted by Crippen LogP contribution is 2.41. The van der Waals surface area contributed by atoms with E-state index in [1.165, 1.54) is 0 Å². The molecule has 1 saturated carbocycles. The molecule has 15 heavy (non-hydrogen) atoms. The fourth-order valence-corrected chi connectivity index (χ4v) is 1.71. The molecule has 1 aliphatic rings. The molecule has 0 amide bonds. The van der Waals surface area contributed by atoms with Gasteiger partial charge in [-0.15, -0.1) is 0 Å². The first kappa shape index (κ1) is 10.2. The number of hydrogen-bond donors (Lipinski definition) is 1. The molecule has 0 heterocycles. The molecule has 0 aromatic heterocycles. The molecular formula is C11H9ClO3. The van der Waals surface area contributed by atoms with Crippen molar-refractivity contribution in [2.24, 2.45) is 11.8 Å². The van der Waals surface area contributed by atoms with E-state index in [-0.39, 0.29) is 11.7 Å². The highest BCUT2D eigenvalue weighted by Gasteiger charge is 2.48. The fraction of sp³-hybridized carbons (Fsp3) is 0.273. The topological polar surface area (TPSA) is 54.4 Å². The molecule has 1 aliphatic carbocycles. The van der Waals surface area contributed by atoms with Crippen LogP contribution in [0.25, 0.3) is 0 Å². The Morgan fingerprint density at radius 1 is 1.20 bits per heavy atom. The lowest BCUT2D eigenvalue weighted by molar-refractivity contribution is -0.138. The average Bonchev–Trinajstić information content (AvgIpc) is 2.97. The second-order valence-electron chi connectivity index (χ2n) is 3.66. The molecule has 2 unspecified atom stereocenters. The van der Waals surface area contributed by atoms with Crippen molar-refractivity contribution in [3.63, 3.8) is 0 Å². The van der Waals surface area contributed by atoms with E-state index in [4.69, 9.17) is 16.7 Å². The molecule has 3 nitrogen and oxygen atoms in total. The number of halogens is 1. The number of ketones is 1. The third-order valence-electron chi connectivity index (χ3n) is 2.57. The van der Waals surface area contributed by atoms with Crippen LogP contribution >= 0.6 is 11.6 Å². The van der Waals surface area contributed by atoms with Gasteiger partial charge in [-0.3, -0.25) is 9.59 Å². The minimum atomic E-state index is -0.887. The van der Waals surface area contributed by atoms with Crippen LogP contribution in [0.4, 0.5) is 0 Å². The molecular weight excluding hydrogens is 216 g/mol. The molecule has 2 atom stereocenters. The lowest BCUT2D eigenvalue weighted by Gasteiger charge is -1.98. The Morgan fingerprint density at radius 3 is 2.27 bits per heavy atom. The van der Waals surface area contributed by atoms with Gasteiger partial charge < -0.3 is 5.11 Å². The normalized spacial score (nSPS) is 23.5. The molecule has 1 aromatic carbocycles. The predicted octanol–water partition coefficient (Wildman–Crippen LogP) is 2.24. The van der Waals surface area contributed by atoms with Crippen molar-refractivity contribution in [2.75, 3.05) is 0 Å². The summed E-state index contributed by atoms with van der Waals surface area (Å²) in [4.78, 5) is 22.3. The second kappa shape index (κ2) is 3.66. The lowest BCUT2D eigenvalue weighted by Crippen LogP contribution is -2.07. The van der Waals surface area contributed by atoms with Gasteiger partial charge in [-0.25, -0.2) is 0 Å². The van der Waals surface area contributed by atoms with E-state index in [2.05, 4.69) is 0 Å². The van der Waals surface area contributed by atoms with Gasteiger partial charge >= 0.3 is 5.97 Å². The van der Waals surface area contributed by atoms with Crippen molar-refractivity contribution >= 4 is 23.4 Å². The molecule has 1 fully saturated rings. The summed E-state index contributed by atoms with van der Waals surface area (Å²) in [5, 5.41) is 9.26. The molecule has 78 valence electrons. The number of carboxylic acid groups (broad SMARTS) is 1. The van der Waals surface area contributed by atoms with Crippen LogP contribution in [0.15, 0.2) is 24.3 Å². The molecule has 0 saturated heterocycles. The Kier molecular flexibility index (Phi) is 2.49. The van der Waals surface area contributed by atoms with Crippen LogP contribution in [0, 0.1) is 11.8 Å². The van der Waals surface area contributed by atoms with E-state index >= 15 is 0 Å². The Labute approximate surface area is 91.7 Å². The highest BCUT2D eigenvalue weighted by atomic mass is 35.5. The summed E-state index contributed by atoms with van der Waals surface area (Å²) < 4.78 is 0. The van der Waals surface area contributed by atoms with E-state index in [9.17, 15) is 9.59 Å². The molecule has 4 heteroatoms. The zero-order valence-corrected chi connectivity index (χ0v) is 8.57. The van der Waals surface area contributed by atoms with Gasteiger partial charge in [0.15, 0.2) is 5.78 Å². The Balaban J connectivity index is 2.10. The van der Waals surface area contributed by atoms with Gasteiger partial charge in [-0.1, -0.05) is 11.6 Å². The van der Waals surface area contributed by atoms with Gasteiger partial charge in [0.2, 0.25) is 0 Å². The maximum Gasteiger partial charge on any atom is 0.307 e. The largest absolute Gasteiger partial charge is 0.481 e. The van der Waals surface area contributed by atoms with Crippen LogP contribution in [0.5, 0.6) is 0 Å². The van der Waals surface area contributed by atoms with Crippen LogP contribution in [-0.2, 0) is 4.79 Å². The SMILES string of the molecule is O=C(O)C1CC1C(=O)c1ccc(Cl)cc1. The molecule has 1 aromatic rings. The van der Waals surface area contributed by atoms with Gasteiger partial charge in [0, 0.05) is 16.5 Å². The molecule has 0 bridgehead atoms. The third-order valence-corrected chi connectivity index (χ3v) is 2.83. The number of aliphatic carboxylic acids is 1. The zero-order valence-electron chi connectivity index (χ0n) is 7.81. The van der Waals surface area contributed by atoms with Crippen molar-refractivity contribution in [1.82, 2.24) is 0 Å². The summed E-state index contributed by atoms with van der Waals surface area (Å²) in [6, 6.07) is 6.52. The highest BCUT2D eigenvalue weighted by molar-refractivity contribution is 6.30. The minimum absolute atomic E-state index is 0.0981. The first-order valence-corrected chi connectivity index (χ1v) is 5.00. The number of benzene rings is 1. The van der Waals surface area contributed by atoms with Crippen LogP contribution in [-0.4, -0.2) is 16.9 Å². The number of carbonyl (C=O) groups is 2. The Bertz CT molecular complexity index is 410. The summed E-state index contributed by atoms with van der Waals surface area (Å²) in [6.45, 7) is 0. The molecule has 0 aliphatic heterocycles. The van der Waals surface area contributed by atoms with E-state index in [1.54, 1.807) is 24.3 Å². The molecule has 2 rings (SSSR count). The molecule has 0 radical (unpaired) electrons. The van der Waals surface area contributed by atoms with Crippen LogP contribution in [0.1, 0.15) is 16.8 Å². The number of carboxylic acids is 1. The Morgan fingerprint density at radius 2 is 1.80 bits per heavy atom. The van der Waals surface area contributed by atoms with Crippen LogP contribution in [0.2, 0.25) is 5.02 Å². The van der Waals surface area contributed by atoms with E-state index in [0.29, 0.717) is 17.0 Å².